The van der Waals surface area contributed by atoms with Crippen LogP contribution in [0.15, 0.2) is 50.9 Å². The van der Waals surface area contributed by atoms with Crippen molar-refractivity contribution < 1.29 is 4.42 Å². The van der Waals surface area contributed by atoms with Crippen LogP contribution in [0.2, 0.25) is 5.02 Å². The summed E-state index contributed by atoms with van der Waals surface area (Å²) >= 11 is 5.99. The van der Waals surface area contributed by atoms with Crippen LogP contribution in [-0.2, 0) is 13.6 Å². The van der Waals surface area contributed by atoms with Gasteiger partial charge in [-0.25, -0.2) is 14.8 Å². The highest BCUT2D eigenvalue weighted by molar-refractivity contribution is 6.30. The smallest absolute Gasteiger partial charge is 0.390 e. The number of aromatic nitrogens is 6. The Labute approximate surface area is 181 Å². The normalized spacial score (nSPS) is 19.2. The van der Waals surface area contributed by atoms with E-state index < -0.39 is 5.76 Å². The lowest BCUT2D eigenvalue weighted by Gasteiger charge is -2.28. The second kappa shape index (κ2) is 7.81. The van der Waals surface area contributed by atoms with Gasteiger partial charge in [-0.3, -0.25) is 9.36 Å². The first-order valence-corrected chi connectivity index (χ1v) is 10.6. The minimum Gasteiger partial charge on any atom is -0.390 e. The highest BCUT2D eigenvalue weighted by Gasteiger charge is 2.26. The lowest BCUT2D eigenvalue weighted by Crippen LogP contribution is -2.26. The van der Waals surface area contributed by atoms with Crippen LogP contribution >= 0.6 is 11.6 Å². The maximum atomic E-state index is 12.7. The molecule has 31 heavy (non-hydrogen) atoms. The molecule has 0 bridgehead atoms. The van der Waals surface area contributed by atoms with Crippen LogP contribution in [0, 0.1) is 0 Å². The quantitative estimate of drug-likeness (QED) is 0.483. The van der Waals surface area contributed by atoms with Crippen LogP contribution in [0.4, 0.5) is 0 Å². The van der Waals surface area contributed by atoms with E-state index in [1.54, 1.807) is 17.9 Å². The van der Waals surface area contributed by atoms with Crippen molar-refractivity contribution in [3.05, 3.63) is 74.3 Å². The van der Waals surface area contributed by atoms with Gasteiger partial charge in [0.25, 0.3) is 5.56 Å². The number of nitrogens with zero attached hydrogens (tertiary/aromatic N) is 6. The average Bonchev–Trinajstić information content (AvgIpc) is 3.33. The Morgan fingerprint density at radius 1 is 1.06 bits per heavy atom. The number of hydrogen-bond acceptors (Lipinski definition) is 6. The number of benzene rings is 1. The molecule has 3 aromatic heterocycles. The van der Waals surface area contributed by atoms with Crippen LogP contribution in [0.25, 0.3) is 11.2 Å². The average molecular weight is 441 g/mol. The van der Waals surface area contributed by atoms with Gasteiger partial charge in [0.15, 0.2) is 11.2 Å². The third kappa shape index (κ3) is 3.69. The van der Waals surface area contributed by atoms with Crippen molar-refractivity contribution in [3.8, 4) is 0 Å². The second-order valence-electron chi connectivity index (χ2n) is 7.97. The molecule has 1 saturated carbocycles. The fourth-order valence-corrected chi connectivity index (χ4v) is 4.47. The Kier molecular flexibility index (Phi) is 4.97. The minimum atomic E-state index is -0.493. The van der Waals surface area contributed by atoms with E-state index in [0.29, 0.717) is 17.1 Å². The Balaban J connectivity index is 1.32. The van der Waals surface area contributed by atoms with E-state index in [1.807, 2.05) is 12.1 Å². The number of hydrogen-bond donors (Lipinski definition) is 0. The molecule has 0 saturated heterocycles. The van der Waals surface area contributed by atoms with E-state index in [0.717, 1.165) is 30.7 Å². The Bertz CT molecular complexity index is 1340. The second-order valence-corrected chi connectivity index (χ2v) is 8.41. The molecule has 160 valence electrons. The van der Waals surface area contributed by atoms with Crippen LogP contribution < -0.4 is 11.3 Å². The number of rotatable bonds is 4. The molecule has 10 heteroatoms. The summed E-state index contributed by atoms with van der Waals surface area (Å²) in [5, 5.41) is 5.11. The van der Waals surface area contributed by atoms with E-state index in [9.17, 15) is 9.59 Å². The molecule has 0 amide bonds. The van der Waals surface area contributed by atoms with Crippen molar-refractivity contribution >= 4 is 22.8 Å². The first-order chi connectivity index (χ1) is 15.0. The molecule has 0 atom stereocenters. The SMILES string of the molecule is Cn1cnc2ncn(Cc3nn(C4CCC(c5ccc(Cl)cc5)CC4)c(=O)o3)c(=O)c21. The first kappa shape index (κ1) is 19.7. The lowest BCUT2D eigenvalue weighted by molar-refractivity contribution is 0.289. The lowest BCUT2D eigenvalue weighted by atomic mass is 9.82. The highest BCUT2D eigenvalue weighted by atomic mass is 35.5. The van der Waals surface area contributed by atoms with Gasteiger partial charge in [-0.15, -0.1) is 5.10 Å². The molecule has 9 nitrogen and oxygen atoms in total. The summed E-state index contributed by atoms with van der Waals surface area (Å²) in [4.78, 5) is 33.4. The fraction of sp³-hybridized carbons (Fsp3) is 0.381. The number of imidazole rings is 1. The van der Waals surface area contributed by atoms with Crippen molar-refractivity contribution in [2.24, 2.45) is 7.05 Å². The first-order valence-electron chi connectivity index (χ1n) is 10.2. The zero-order chi connectivity index (χ0) is 21.5. The van der Waals surface area contributed by atoms with Crippen molar-refractivity contribution in [3.63, 3.8) is 0 Å². The predicted octanol–water partition coefficient (Wildman–Crippen LogP) is 2.88. The number of halogens is 1. The van der Waals surface area contributed by atoms with Gasteiger partial charge >= 0.3 is 5.76 Å². The molecule has 0 spiro atoms. The van der Waals surface area contributed by atoms with E-state index in [-0.39, 0.29) is 24.0 Å². The molecule has 1 aromatic carbocycles. The largest absolute Gasteiger partial charge is 0.437 e. The van der Waals surface area contributed by atoms with Crippen LogP contribution in [0.3, 0.4) is 0 Å². The van der Waals surface area contributed by atoms with Gasteiger partial charge < -0.3 is 8.98 Å². The zero-order valence-corrected chi connectivity index (χ0v) is 17.7. The van der Waals surface area contributed by atoms with E-state index in [2.05, 4.69) is 27.2 Å². The molecule has 5 rings (SSSR count). The summed E-state index contributed by atoms with van der Waals surface area (Å²) in [5.41, 5.74) is 1.79. The number of aryl methyl sites for hydroxylation is 1. The molecular weight excluding hydrogens is 420 g/mol. The third-order valence-corrected chi connectivity index (χ3v) is 6.25. The third-order valence-electron chi connectivity index (χ3n) is 6.00. The maximum absolute atomic E-state index is 12.7. The molecule has 0 N–H and O–H groups in total. The van der Waals surface area contributed by atoms with E-state index >= 15 is 0 Å². The standard InChI is InChI=1S/C21H21ClN6O3/c1-26-11-23-19-18(26)20(29)27(12-24-19)10-17-25-28(21(30)31-17)16-8-4-14(5-9-16)13-2-6-15(22)7-3-13/h2-3,6-7,11-12,14,16H,4-5,8-10H2,1H3. The van der Waals surface area contributed by atoms with Gasteiger partial charge in [-0.05, 0) is 49.3 Å². The van der Waals surface area contributed by atoms with Crippen LogP contribution in [0.5, 0.6) is 0 Å². The molecule has 1 fully saturated rings. The Morgan fingerprint density at radius 2 is 1.77 bits per heavy atom. The Hall–Kier alpha value is -3.20. The Morgan fingerprint density at radius 3 is 2.52 bits per heavy atom. The predicted molar refractivity (Wildman–Crippen MR) is 114 cm³/mol. The summed E-state index contributed by atoms with van der Waals surface area (Å²) in [5.74, 6) is 0.147. The molecule has 0 unspecified atom stereocenters. The monoisotopic (exact) mass is 440 g/mol. The van der Waals surface area contributed by atoms with Gasteiger partial charge in [0, 0.05) is 12.1 Å². The fourth-order valence-electron chi connectivity index (χ4n) is 4.34. The van der Waals surface area contributed by atoms with Crippen LogP contribution in [0.1, 0.15) is 49.1 Å². The van der Waals surface area contributed by atoms with Crippen molar-refractivity contribution in [1.82, 2.24) is 28.9 Å². The minimum absolute atomic E-state index is 0.0112. The van der Waals surface area contributed by atoms with Gasteiger partial charge in [0.05, 0.1) is 12.4 Å². The zero-order valence-electron chi connectivity index (χ0n) is 16.9. The summed E-state index contributed by atoms with van der Waals surface area (Å²) < 4.78 is 9.76. The summed E-state index contributed by atoms with van der Waals surface area (Å²) in [6, 6.07) is 7.95. The van der Waals surface area contributed by atoms with E-state index in [4.69, 9.17) is 16.0 Å². The summed E-state index contributed by atoms with van der Waals surface area (Å²) in [6.07, 6.45) is 6.53. The molecule has 4 aromatic rings. The van der Waals surface area contributed by atoms with Crippen LogP contribution in [-0.4, -0.2) is 28.9 Å². The van der Waals surface area contributed by atoms with Crippen molar-refractivity contribution in [2.45, 2.75) is 44.2 Å². The van der Waals surface area contributed by atoms with Crippen molar-refractivity contribution in [1.29, 1.82) is 0 Å². The van der Waals surface area contributed by atoms with Gasteiger partial charge in [-0.1, -0.05) is 23.7 Å². The summed E-state index contributed by atoms with van der Waals surface area (Å²) in [7, 11) is 1.73. The van der Waals surface area contributed by atoms with Gasteiger partial charge in [-0.2, -0.15) is 4.68 Å². The molecule has 0 aliphatic heterocycles. The molecule has 1 aliphatic carbocycles. The van der Waals surface area contributed by atoms with Gasteiger partial charge in [0.2, 0.25) is 5.89 Å². The van der Waals surface area contributed by atoms with Crippen molar-refractivity contribution in [2.75, 3.05) is 0 Å². The molecule has 1 aliphatic rings. The number of fused-ring (bicyclic) bond motifs is 1. The topological polar surface area (TPSA) is 101 Å². The maximum Gasteiger partial charge on any atom is 0.437 e. The molecular formula is C21H21ClN6O3. The highest BCUT2D eigenvalue weighted by Crippen LogP contribution is 2.37. The van der Waals surface area contributed by atoms with E-state index in [1.165, 1.54) is 21.1 Å². The molecule has 0 radical (unpaired) electrons. The van der Waals surface area contributed by atoms with Gasteiger partial charge in [0.1, 0.15) is 12.9 Å². The summed E-state index contributed by atoms with van der Waals surface area (Å²) in [6.45, 7) is 0.0370. The molecule has 3 heterocycles.